The van der Waals surface area contributed by atoms with Gasteiger partial charge in [0.15, 0.2) is 6.61 Å². The minimum absolute atomic E-state index is 0.00978. The number of halogens is 2. The van der Waals surface area contributed by atoms with Crippen molar-refractivity contribution in [2.75, 3.05) is 19.0 Å². The Balaban J connectivity index is 1.68. The predicted octanol–water partition coefficient (Wildman–Crippen LogP) is 4.00. The summed E-state index contributed by atoms with van der Waals surface area (Å²) in [4.78, 5) is 28.3. The van der Waals surface area contributed by atoms with Gasteiger partial charge < -0.3 is 10.1 Å². The van der Waals surface area contributed by atoms with Crippen molar-refractivity contribution in [3.05, 3.63) is 88.0 Å². The molecule has 2 aromatic carbocycles. The van der Waals surface area contributed by atoms with E-state index in [1.165, 1.54) is 37.5 Å². The molecule has 8 nitrogen and oxygen atoms in total. The molecule has 172 valence electrons. The van der Waals surface area contributed by atoms with Crippen LogP contribution in [0.25, 0.3) is 0 Å². The second-order valence-corrected chi connectivity index (χ2v) is 9.76. The highest BCUT2D eigenvalue weighted by molar-refractivity contribution is 7.89. The van der Waals surface area contributed by atoms with E-state index in [0.29, 0.717) is 5.02 Å². The minimum atomic E-state index is -3.92. The summed E-state index contributed by atoms with van der Waals surface area (Å²) in [6, 6.07) is 15.8. The summed E-state index contributed by atoms with van der Waals surface area (Å²) in [5.74, 6) is -1.35. The van der Waals surface area contributed by atoms with Gasteiger partial charge in [-0.25, -0.2) is 18.2 Å². The molecule has 0 spiro atoms. The summed E-state index contributed by atoms with van der Waals surface area (Å²) in [6.45, 7) is -0.477. The molecule has 0 radical (unpaired) electrons. The zero-order valence-corrected chi connectivity index (χ0v) is 19.7. The number of esters is 1. The average Bonchev–Trinajstić information content (AvgIpc) is 2.80. The van der Waals surface area contributed by atoms with Gasteiger partial charge in [0.2, 0.25) is 10.0 Å². The van der Waals surface area contributed by atoms with Gasteiger partial charge >= 0.3 is 5.97 Å². The van der Waals surface area contributed by atoms with Crippen LogP contribution in [0.1, 0.15) is 15.9 Å². The van der Waals surface area contributed by atoms with Crippen LogP contribution in [0.4, 0.5) is 5.82 Å². The van der Waals surface area contributed by atoms with Gasteiger partial charge in [0.25, 0.3) is 5.91 Å². The SMILES string of the molecule is CN(Cc1ccccc1)S(=O)(=O)c1ccc(Cl)c(C(=O)OCC(=O)Nc2ccc(Cl)cn2)c1. The molecule has 33 heavy (non-hydrogen) atoms. The fourth-order valence-electron chi connectivity index (χ4n) is 2.76. The maximum absolute atomic E-state index is 13.0. The summed E-state index contributed by atoms with van der Waals surface area (Å²) in [6.07, 6.45) is 1.35. The highest BCUT2D eigenvalue weighted by Crippen LogP contribution is 2.24. The molecule has 0 saturated carbocycles. The van der Waals surface area contributed by atoms with Gasteiger partial charge in [-0.2, -0.15) is 4.31 Å². The van der Waals surface area contributed by atoms with E-state index in [9.17, 15) is 18.0 Å². The van der Waals surface area contributed by atoms with Crippen LogP contribution < -0.4 is 5.32 Å². The average molecular weight is 508 g/mol. The first-order valence-electron chi connectivity index (χ1n) is 9.55. The number of ether oxygens (including phenoxy) is 1. The first kappa shape index (κ1) is 24.7. The molecule has 3 aromatic rings. The number of rotatable bonds is 8. The zero-order chi connectivity index (χ0) is 24.0. The van der Waals surface area contributed by atoms with E-state index in [2.05, 4.69) is 10.3 Å². The Hall–Kier alpha value is -2.98. The molecule has 0 aliphatic heterocycles. The number of aromatic nitrogens is 1. The van der Waals surface area contributed by atoms with E-state index in [0.717, 1.165) is 15.9 Å². The molecule has 1 heterocycles. The lowest BCUT2D eigenvalue weighted by Crippen LogP contribution is -2.27. The summed E-state index contributed by atoms with van der Waals surface area (Å²) >= 11 is 11.8. The molecule has 0 unspecified atom stereocenters. The van der Waals surface area contributed by atoms with Crippen molar-refractivity contribution < 1.29 is 22.7 Å². The number of carbonyl (C=O) groups is 2. The van der Waals surface area contributed by atoms with Crippen molar-refractivity contribution in [2.24, 2.45) is 0 Å². The molecule has 0 aliphatic carbocycles. The monoisotopic (exact) mass is 507 g/mol. The lowest BCUT2D eigenvalue weighted by Gasteiger charge is -2.18. The van der Waals surface area contributed by atoms with Crippen LogP contribution in [0, 0.1) is 0 Å². The van der Waals surface area contributed by atoms with Crippen molar-refractivity contribution >= 4 is 50.9 Å². The standard InChI is InChI=1S/C22H19Cl2N3O5S/c1-27(13-15-5-3-2-4-6-15)33(30,31)17-8-9-19(24)18(11-17)22(29)32-14-21(28)26-20-10-7-16(23)12-25-20/h2-12H,13-14H2,1H3,(H,25,26,28). The van der Waals surface area contributed by atoms with Crippen LogP contribution in [0.3, 0.4) is 0 Å². The lowest BCUT2D eigenvalue weighted by molar-refractivity contribution is -0.119. The van der Waals surface area contributed by atoms with Crippen LogP contribution in [-0.4, -0.2) is 43.2 Å². The van der Waals surface area contributed by atoms with Crippen LogP contribution >= 0.6 is 23.2 Å². The van der Waals surface area contributed by atoms with E-state index < -0.39 is 28.5 Å². The number of sulfonamides is 1. The Morgan fingerprint density at radius 2 is 1.79 bits per heavy atom. The molecule has 0 atom stereocenters. The Morgan fingerprint density at radius 3 is 2.45 bits per heavy atom. The van der Waals surface area contributed by atoms with Gasteiger partial charge in [-0.05, 0) is 35.9 Å². The van der Waals surface area contributed by atoms with Crippen LogP contribution in [-0.2, 0) is 26.1 Å². The predicted molar refractivity (Wildman–Crippen MR) is 125 cm³/mol. The Labute approximate surface area is 201 Å². The number of pyridine rings is 1. The molecule has 0 bridgehead atoms. The quantitative estimate of drug-likeness (QED) is 0.461. The molecule has 0 aliphatic rings. The van der Waals surface area contributed by atoms with Gasteiger partial charge in [0.1, 0.15) is 5.82 Å². The molecule has 1 aromatic heterocycles. The fraction of sp³-hybridized carbons (Fsp3) is 0.136. The number of nitrogens with one attached hydrogen (secondary N) is 1. The second kappa shape index (κ2) is 10.8. The van der Waals surface area contributed by atoms with Crippen molar-refractivity contribution in [3.63, 3.8) is 0 Å². The molecule has 1 amide bonds. The van der Waals surface area contributed by atoms with E-state index >= 15 is 0 Å². The summed E-state index contributed by atoms with van der Waals surface area (Å²) in [7, 11) is -2.48. The second-order valence-electron chi connectivity index (χ2n) is 6.87. The summed E-state index contributed by atoms with van der Waals surface area (Å²) in [5, 5.41) is 2.83. The van der Waals surface area contributed by atoms with Crippen molar-refractivity contribution in [3.8, 4) is 0 Å². The number of anilines is 1. The highest BCUT2D eigenvalue weighted by atomic mass is 35.5. The van der Waals surface area contributed by atoms with Gasteiger partial charge in [-0.3, -0.25) is 4.79 Å². The van der Waals surface area contributed by atoms with E-state index in [-0.39, 0.29) is 27.8 Å². The molecule has 0 saturated heterocycles. The number of nitrogens with zero attached hydrogens (tertiary/aromatic N) is 2. The van der Waals surface area contributed by atoms with Crippen LogP contribution in [0.2, 0.25) is 10.0 Å². The third-order valence-electron chi connectivity index (χ3n) is 4.44. The van der Waals surface area contributed by atoms with Crippen LogP contribution in [0.15, 0.2) is 71.8 Å². The van der Waals surface area contributed by atoms with Crippen molar-refractivity contribution in [1.82, 2.24) is 9.29 Å². The van der Waals surface area contributed by atoms with Gasteiger partial charge in [0, 0.05) is 19.8 Å². The number of carbonyl (C=O) groups excluding carboxylic acids is 2. The smallest absolute Gasteiger partial charge is 0.340 e. The number of benzene rings is 2. The first-order valence-corrected chi connectivity index (χ1v) is 11.7. The molecule has 1 N–H and O–H groups in total. The molecule has 0 fully saturated rings. The topological polar surface area (TPSA) is 106 Å². The maximum atomic E-state index is 13.0. The lowest BCUT2D eigenvalue weighted by atomic mass is 10.2. The van der Waals surface area contributed by atoms with Crippen molar-refractivity contribution in [2.45, 2.75) is 11.4 Å². The van der Waals surface area contributed by atoms with E-state index in [1.807, 2.05) is 18.2 Å². The fourth-order valence-corrected chi connectivity index (χ4v) is 4.26. The Bertz CT molecular complexity index is 1250. The molecular weight excluding hydrogens is 489 g/mol. The van der Waals surface area contributed by atoms with Crippen molar-refractivity contribution in [1.29, 1.82) is 0 Å². The first-order chi connectivity index (χ1) is 15.7. The Morgan fingerprint density at radius 1 is 1.06 bits per heavy atom. The molecule has 3 rings (SSSR count). The van der Waals surface area contributed by atoms with E-state index in [1.54, 1.807) is 12.1 Å². The van der Waals surface area contributed by atoms with Gasteiger partial charge in [0.05, 0.1) is 20.5 Å². The normalized spacial score (nSPS) is 11.3. The Kier molecular flexibility index (Phi) is 8.04. The zero-order valence-electron chi connectivity index (χ0n) is 17.4. The van der Waals surface area contributed by atoms with E-state index in [4.69, 9.17) is 27.9 Å². The van der Waals surface area contributed by atoms with Gasteiger partial charge in [-0.1, -0.05) is 53.5 Å². The molecule has 11 heteroatoms. The van der Waals surface area contributed by atoms with Crippen LogP contribution in [0.5, 0.6) is 0 Å². The molecular formula is C22H19Cl2N3O5S. The van der Waals surface area contributed by atoms with Gasteiger partial charge in [-0.15, -0.1) is 0 Å². The number of hydrogen-bond donors (Lipinski definition) is 1. The third-order valence-corrected chi connectivity index (χ3v) is 6.80. The summed E-state index contributed by atoms with van der Waals surface area (Å²) < 4.78 is 32.1. The highest BCUT2D eigenvalue weighted by Gasteiger charge is 2.24. The number of hydrogen-bond acceptors (Lipinski definition) is 6. The minimum Gasteiger partial charge on any atom is -0.452 e. The maximum Gasteiger partial charge on any atom is 0.340 e. The number of amides is 1. The summed E-state index contributed by atoms with van der Waals surface area (Å²) in [5.41, 5.74) is 0.627. The third kappa shape index (κ3) is 6.52. The largest absolute Gasteiger partial charge is 0.452 e.